The van der Waals surface area contributed by atoms with Gasteiger partial charge in [-0.3, -0.25) is 0 Å². The van der Waals surface area contributed by atoms with Crippen LogP contribution >= 0.6 is 0 Å². The highest BCUT2D eigenvalue weighted by molar-refractivity contribution is 5.67. The third-order valence-corrected chi connectivity index (χ3v) is 6.57. The van der Waals surface area contributed by atoms with Crippen LogP contribution in [-0.4, -0.2) is 34.0 Å². The molecule has 1 saturated heterocycles. The molecule has 6 nitrogen and oxygen atoms in total. The first-order chi connectivity index (χ1) is 15.0. The zero-order chi connectivity index (χ0) is 21.6. The summed E-state index contributed by atoms with van der Waals surface area (Å²) in [5.41, 5.74) is 5.54. The molecule has 2 heterocycles. The van der Waals surface area contributed by atoms with Crippen molar-refractivity contribution in [3.63, 3.8) is 0 Å². The van der Waals surface area contributed by atoms with E-state index in [1.807, 2.05) is 39.0 Å². The molecule has 0 radical (unpaired) electrons. The summed E-state index contributed by atoms with van der Waals surface area (Å²) in [5.74, 6) is 2.01. The van der Waals surface area contributed by atoms with Crippen molar-refractivity contribution in [3.8, 4) is 28.6 Å². The Labute approximate surface area is 182 Å². The number of benzene rings is 2. The summed E-state index contributed by atoms with van der Waals surface area (Å²) in [4.78, 5) is 4.73. The zero-order valence-corrected chi connectivity index (χ0v) is 18.3. The molecular weight excluding hydrogens is 390 g/mol. The number of fused-ring (bicyclic) bond motifs is 2. The van der Waals surface area contributed by atoms with Crippen LogP contribution in [0.15, 0.2) is 40.9 Å². The number of aryl methyl sites for hydroxylation is 1. The van der Waals surface area contributed by atoms with Gasteiger partial charge in [0.2, 0.25) is 5.82 Å². The van der Waals surface area contributed by atoms with Gasteiger partial charge in [0.25, 0.3) is 5.89 Å². The number of nitrogens with zero attached hydrogens (tertiary/aromatic N) is 2. The van der Waals surface area contributed by atoms with Crippen molar-refractivity contribution in [1.29, 1.82) is 0 Å². The molecule has 1 aliphatic heterocycles. The quantitative estimate of drug-likeness (QED) is 0.639. The Hall–Kier alpha value is -2.70. The molecule has 1 fully saturated rings. The summed E-state index contributed by atoms with van der Waals surface area (Å²) >= 11 is 0. The lowest BCUT2D eigenvalue weighted by Gasteiger charge is -2.26. The van der Waals surface area contributed by atoms with Crippen LogP contribution < -0.4 is 10.1 Å². The summed E-state index contributed by atoms with van der Waals surface area (Å²) in [7, 11) is 0. The van der Waals surface area contributed by atoms with Gasteiger partial charge in [-0.05, 0) is 81.3 Å². The third kappa shape index (κ3) is 3.54. The molecule has 6 heteroatoms. The molecule has 162 valence electrons. The van der Waals surface area contributed by atoms with E-state index in [0.29, 0.717) is 11.7 Å². The van der Waals surface area contributed by atoms with Crippen molar-refractivity contribution >= 4 is 0 Å². The van der Waals surface area contributed by atoms with Crippen molar-refractivity contribution < 1.29 is 14.4 Å². The fraction of sp³-hybridized carbons (Fsp3) is 0.440. The minimum atomic E-state index is -0.0331. The Morgan fingerprint density at radius 1 is 1.26 bits per heavy atom. The molecule has 1 spiro atoms. The lowest BCUT2D eigenvalue weighted by Crippen LogP contribution is -2.40. The first kappa shape index (κ1) is 20.2. The molecule has 1 aliphatic carbocycles. The molecule has 2 unspecified atom stereocenters. The molecule has 2 aliphatic rings. The van der Waals surface area contributed by atoms with E-state index in [2.05, 4.69) is 28.7 Å². The van der Waals surface area contributed by atoms with E-state index in [-0.39, 0.29) is 24.3 Å². The molecular formula is C25H29N3O3. The molecule has 31 heavy (non-hydrogen) atoms. The maximum Gasteiger partial charge on any atom is 0.258 e. The Kier molecular flexibility index (Phi) is 5.07. The van der Waals surface area contributed by atoms with Crippen LogP contribution in [0.4, 0.5) is 0 Å². The summed E-state index contributed by atoms with van der Waals surface area (Å²) in [6, 6.07) is 12.5. The number of nitrogens with one attached hydrogen (secondary N) is 1. The third-order valence-electron chi connectivity index (χ3n) is 6.57. The Morgan fingerprint density at radius 3 is 2.87 bits per heavy atom. The lowest BCUT2D eigenvalue weighted by molar-refractivity contribution is 0.238. The SMILES string of the molecule is Cc1cc(-c2nc(-c3cccc4c3CCC43CCC(CO)N3)no2)ccc1OC(C)C. The van der Waals surface area contributed by atoms with Gasteiger partial charge >= 0.3 is 0 Å². The summed E-state index contributed by atoms with van der Waals surface area (Å²) < 4.78 is 11.5. The van der Waals surface area contributed by atoms with Crippen LogP contribution in [0.1, 0.15) is 49.8 Å². The second-order valence-corrected chi connectivity index (χ2v) is 9.05. The van der Waals surface area contributed by atoms with Crippen molar-refractivity contribution in [2.24, 2.45) is 0 Å². The molecule has 0 saturated carbocycles. The first-order valence-corrected chi connectivity index (χ1v) is 11.1. The average Bonchev–Trinajstić information content (AvgIpc) is 3.49. The fourth-order valence-electron chi connectivity index (χ4n) is 5.11. The standard InChI is InChI=1S/C25H29N3O3/c1-15(2)30-22-8-7-17(13-16(22)3)24-26-23(28-31-24)20-5-4-6-21-19(20)10-12-25(21)11-9-18(14-29)27-25/h4-8,13,15,18,27,29H,9-12,14H2,1-3H3. The van der Waals surface area contributed by atoms with Crippen molar-refractivity contribution in [3.05, 3.63) is 53.1 Å². The van der Waals surface area contributed by atoms with E-state index in [1.165, 1.54) is 11.1 Å². The van der Waals surface area contributed by atoms with Gasteiger partial charge in [0.15, 0.2) is 0 Å². The highest BCUT2D eigenvalue weighted by atomic mass is 16.5. The molecule has 3 aromatic rings. The van der Waals surface area contributed by atoms with Crippen LogP contribution in [0.3, 0.4) is 0 Å². The number of hydrogen-bond acceptors (Lipinski definition) is 6. The van der Waals surface area contributed by atoms with Crippen molar-refractivity contribution in [1.82, 2.24) is 15.5 Å². The minimum Gasteiger partial charge on any atom is -0.491 e. The molecule has 2 atom stereocenters. The van der Waals surface area contributed by atoms with Gasteiger partial charge in [-0.2, -0.15) is 4.98 Å². The van der Waals surface area contributed by atoms with Gasteiger partial charge in [0, 0.05) is 22.7 Å². The van der Waals surface area contributed by atoms with Crippen LogP contribution in [0.2, 0.25) is 0 Å². The number of aromatic nitrogens is 2. The van der Waals surface area contributed by atoms with Gasteiger partial charge < -0.3 is 19.7 Å². The van der Waals surface area contributed by atoms with Gasteiger partial charge in [-0.1, -0.05) is 23.4 Å². The Bertz CT molecular complexity index is 1110. The second-order valence-electron chi connectivity index (χ2n) is 9.05. The number of hydrogen-bond donors (Lipinski definition) is 2. The fourth-order valence-corrected chi connectivity index (χ4v) is 5.11. The van der Waals surface area contributed by atoms with Crippen LogP contribution in [0.5, 0.6) is 5.75 Å². The maximum absolute atomic E-state index is 9.58. The van der Waals surface area contributed by atoms with E-state index in [9.17, 15) is 5.11 Å². The Morgan fingerprint density at radius 2 is 2.13 bits per heavy atom. The summed E-state index contributed by atoms with van der Waals surface area (Å²) in [6.07, 6.45) is 4.20. The van der Waals surface area contributed by atoms with E-state index >= 15 is 0 Å². The average molecular weight is 420 g/mol. The number of ether oxygens (including phenoxy) is 1. The summed E-state index contributed by atoms with van der Waals surface area (Å²) in [6.45, 7) is 6.25. The van der Waals surface area contributed by atoms with E-state index in [0.717, 1.165) is 48.1 Å². The van der Waals surface area contributed by atoms with Crippen LogP contribution in [0.25, 0.3) is 22.8 Å². The smallest absolute Gasteiger partial charge is 0.258 e. The highest BCUT2D eigenvalue weighted by Crippen LogP contribution is 2.46. The topological polar surface area (TPSA) is 80.4 Å². The van der Waals surface area contributed by atoms with Crippen LogP contribution in [-0.2, 0) is 12.0 Å². The zero-order valence-electron chi connectivity index (χ0n) is 18.3. The number of rotatable bonds is 5. The maximum atomic E-state index is 9.58. The molecule has 0 bridgehead atoms. The van der Waals surface area contributed by atoms with E-state index in [1.54, 1.807) is 0 Å². The van der Waals surface area contributed by atoms with Gasteiger partial charge in [0.05, 0.1) is 12.7 Å². The van der Waals surface area contributed by atoms with Crippen LogP contribution in [0, 0.1) is 6.92 Å². The molecule has 0 amide bonds. The molecule has 2 N–H and O–H groups in total. The predicted octanol–water partition coefficient (Wildman–Crippen LogP) is 4.39. The largest absolute Gasteiger partial charge is 0.491 e. The van der Waals surface area contributed by atoms with E-state index in [4.69, 9.17) is 14.2 Å². The Balaban J connectivity index is 1.45. The molecule has 1 aromatic heterocycles. The molecule has 2 aromatic carbocycles. The number of aliphatic hydroxyl groups excluding tert-OH is 1. The van der Waals surface area contributed by atoms with Gasteiger partial charge in [-0.25, -0.2) is 0 Å². The van der Waals surface area contributed by atoms with Gasteiger partial charge in [0.1, 0.15) is 5.75 Å². The number of aliphatic hydroxyl groups is 1. The first-order valence-electron chi connectivity index (χ1n) is 11.1. The predicted molar refractivity (Wildman–Crippen MR) is 119 cm³/mol. The van der Waals surface area contributed by atoms with E-state index < -0.39 is 0 Å². The second kappa shape index (κ2) is 7.77. The highest BCUT2D eigenvalue weighted by Gasteiger charge is 2.44. The van der Waals surface area contributed by atoms with Crippen molar-refractivity contribution in [2.75, 3.05) is 6.61 Å². The summed E-state index contributed by atoms with van der Waals surface area (Å²) in [5, 5.41) is 17.6. The minimum absolute atomic E-state index is 0.0331. The lowest BCUT2D eigenvalue weighted by atomic mass is 9.89. The molecule has 5 rings (SSSR count). The normalized spacial score (nSPS) is 22.4. The van der Waals surface area contributed by atoms with Gasteiger partial charge in [-0.15, -0.1) is 0 Å². The van der Waals surface area contributed by atoms with Crippen molar-refractivity contribution in [2.45, 2.75) is 64.1 Å². The monoisotopic (exact) mass is 419 g/mol.